The van der Waals surface area contributed by atoms with E-state index in [2.05, 4.69) is 20.6 Å². The zero-order valence-electron chi connectivity index (χ0n) is 15.6. The van der Waals surface area contributed by atoms with Crippen molar-refractivity contribution in [3.05, 3.63) is 52.9 Å². The van der Waals surface area contributed by atoms with Crippen LogP contribution in [0.1, 0.15) is 52.0 Å². The lowest BCUT2D eigenvalue weighted by molar-refractivity contribution is 0.0991. The average Bonchev–Trinajstić information content (AvgIpc) is 3.36. The lowest BCUT2D eigenvalue weighted by Gasteiger charge is -2.22. The van der Waals surface area contributed by atoms with Gasteiger partial charge in [0.25, 0.3) is 11.8 Å². The fourth-order valence-corrected chi connectivity index (χ4v) is 3.96. The Balaban J connectivity index is 1.63. The number of hydrogen-bond acceptors (Lipinski definition) is 7. The second-order valence-electron chi connectivity index (χ2n) is 6.77. The summed E-state index contributed by atoms with van der Waals surface area (Å²) in [7, 11) is 0. The van der Waals surface area contributed by atoms with E-state index in [0.717, 1.165) is 25.8 Å². The highest BCUT2D eigenvalue weighted by Crippen LogP contribution is 2.29. The van der Waals surface area contributed by atoms with Crippen LogP contribution in [0, 0.1) is 0 Å². The number of primary amides is 1. The van der Waals surface area contributed by atoms with Gasteiger partial charge in [-0.1, -0.05) is 18.6 Å². The van der Waals surface area contributed by atoms with Gasteiger partial charge in [-0.05, 0) is 31.5 Å². The van der Waals surface area contributed by atoms with Crippen LogP contribution in [0.4, 0.5) is 5.13 Å². The first-order valence-electron chi connectivity index (χ1n) is 9.27. The summed E-state index contributed by atoms with van der Waals surface area (Å²) in [6, 6.07) is 6.76. The number of amides is 2. The van der Waals surface area contributed by atoms with Crippen LogP contribution in [0.5, 0.6) is 0 Å². The molecule has 0 bridgehead atoms. The summed E-state index contributed by atoms with van der Waals surface area (Å²) in [5, 5.41) is 8.42. The van der Waals surface area contributed by atoms with E-state index in [-0.39, 0.29) is 17.6 Å². The number of hydrogen-bond donors (Lipinski definition) is 4. The van der Waals surface area contributed by atoms with E-state index < -0.39 is 5.91 Å². The quantitative estimate of drug-likeness (QED) is 0.473. The third-order valence-electron chi connectivity index (χ3n) is 4.87. The van der Waals surface area contributed by atoms with Gasteiger partial charge in [0.1, 0.15) is 11.5 Å². The van der Waals surface area contributed by atoms with Crippen LogP contribution in [-0.4, -0.2) is 33.0 Å². The number of carbonyl (C=O) groups is 2. The lowest BCUT2D eigenvalue weighted by atomic mass is 10.0. The van der Waals surface area contributed by atoms with E-state index in [1.54, 1.807) is 35.8 Å². The van der Waals surface area contributed by atoms with E-state index in [1.807, 2.05) is 0 Å². The molecule has 0 saturated carbocycles. The maximum Gasteiger partial charge on any atom is 0.269 e. The van der Waals surface area contributed by atoms with Crippen molar-refractivity contribution in [3.63, 3.8) is 0 Å². The molecule has 150 valence electrons. The second-order valence-corrected chi connectivity index (χ2v) is 7.67. The van der Waals surface area contributed by atoms with E-state index in [0.29, 0.717) is 27.8 Å². The first-order valence-corrected chi connectivity index (χ1v) is 10.1. The smallest absolute Gasteiger partial charge is 0.269 e. The molecule has 0 aliphatic carbocycles. The molecule has 1 fully saturated rings. The molecule has 4 rings (SSSR count). The molecule has 1 atom stereocenters. The first kappa shape index (κ1) is 19.1. The zero-order valence-corrected chi connectivity index (χ0v) is 16.4. The minimum Gasteiger partial charge on any atom is -0.364 e. The number of benzene rings is 1. The number of nitrogens with two attached hydrogens (primary N) is 2. The molecule has 10 heteroatoms. The largest absolute Gasteiger partial charge is 0.364 e. The Labute approximate surface area is 171 Å². The fraction of sp³-hybridized carbons (Fsp3) is 0.263. The third-order valence-corrected chi connectivity index (χ3v) is 5.56. The summed E-state index contributed by atoms with van der Waals surface area (Å²) in [6.45, 7) is 0.877. The van der Waals surface area contributed by atoms with Gasteiger partial charge in [0.15, 0.2) is 10.8 Å². The summed E-state index contributed by atoms with van der Waals surface area (Å²) in [4.78, 5) is 33.1. The third kappa shape index (κ3) is 3.84. The highest BCUT2D eigenvalue weighted by molar-refractivity contribution is 7.13. The van der Waals surface area contributed by atoms with E-state index in [1.165, 1.54) is 16.0 Å². The van der Waals surface area contributed by atoms with Gasteiger partial charge in [-0.3, -0.25) is 14.9 Å². The van der Waals surface area contributed by atoms with Gasteiger partial charge in [0.2, 0.25) is 0 Å². The van der Waals surface area contributed by atoms with Crippen molar-refractivity contribution in [1.82, 2.24) is 20.0 Å². The minimum atomic E-state index is -0.650. The van der Waals surface area contributed by atoms with E-state index in [4.69, 9.17) is 11.6 Å². The van der Waals surface area contributed by atoms with Crippen LogP contribution in [0.2, 0.25) is 0 Å². The number of piperidine rings is 1. The predicted octanol–water partition coefficient (Wildman–Crippen LogP) is 1.89. The molecule has 9 nitrogen and oxygen atoms in total. The Hall–Kier alpha value is -3.24. The average molecular weight is 411 g/mol. The van der Waals surface area contributed by atoms with Gasteiger partial charge in [-0.2, -0.15) is 0 Å². The van der Waals surface area contributed by atoms with Crippen LogP contribution in [0.15, 0.2) is 35.8 Å². The normalized spacial score (nSPS) is 16.5. The van der Waals surface area contributed by atoms with E-state index >= 15 is 0 Å². The molecule has 1 aromatic carbocycles. The predicted molar refractivity (Wildman–Crippen MR) is 111 cm³/mol. The van der Waals surface area contributed by atoms with Crippen molar-refractivity contribution in [3.8, 4) is 11.3 Å². The van der Waals surface area contributed by atoms with Crippen molar-refractivity contribution in [2.24, 2.45) is 5.73 Å². The zero-order chi connectivity index (χ0) is 20.4. The number of nitrogens with zero attached hydrogens (tertiary/aromatic N) is 3. The number of imidazole rings is 1. The molecular weight excluding hydrogens is 390 g/mol. The Morgan fingerprint density at radius 2 is 2.03 bits per heavy atom. The number of carbonyl (C=O) groups excluding carboxylic acids is 2. The van der Waals surface area contributed by atoms with Gasteiger partial charge >= 0.3 is 0 Å². The first-order chi connectivity index (χ1) is 14.0. The van der Waals surface area contributed by atoms with Crippen molar-refractivity contribution in [1.29, 1.82) is 0 Å². The van der Waals surface area contributed by atoms with Crippen molar-refractivity contribution in [2.45, 2.75) is 25.3 Å². The van der Waals surface area contributed by atoms with Crippen molar-refractivity contribution < 1.29 is 9.59 Å². The Morgan fingerprint density at radius 3 is 2.66 bits per heavy atom. The number of nitrogens with one attached hydrogen (secondary N) is 2. The second kappa shape index (κ2) is 8.02. The molecule has 29 heavy (non-hydrogen) atoms. The van der Waals surface area contributed by atoms with Gasteiger partial charge in [0, 0.05) is 22.7 Å². The summed E-state index contributed by atoms with van der Waals surface area (Å²) < 4.78 is 1.28. The summed E-state index contributed by atoms with van der Waals surface area (Å²) in [5.74, 6) is 5.84. The van der Waals surface area contributed by atoms with Crippen molar-refractivity contribution >= 4 is 28.3 Å². The van der Waals surface area contributed by atoms with Gasteiger partial charge in [-0.25, -0.2) is 14.6 Å². The van der Waals surface area contributed by atoms with Gasteiger partial charge in [0.05, 0.1) is 6.04 Å². The molecule has 1 aliphatic rings. The van der Waals surface area contributed by atoms with Crippen LogP contribution in [0.25, 0.3) is 11.3 Å². The summed E-state index contributed by atoms with van der Waals surface area (Å²) >= 11 is 1.34. The minimum absolute atomic E-state index is 0.0241. The highest BCUT2D eigenvalue weighted by Gasteiger charge is 2.27. The highest BCUT2D eigenvalue weighted by atomic mass is 32.1. The van der Waals surface area contributed by atoms with Gasteiger partial charge < -0.3 is 16.9 Å². The molecule has 2 aromatic heterocycles. The topological polar surface area (TPSA) is 141 Å². The fourth-order valence-electron chi connectivity index (χ4n) is 3.44. The number of nitrogen functional groups attached to an aromatic ring is 1. The molecular formula is C19H21N7O2S. The molecule has 2 amide bonds. The standard InChI is InChI=1S/C19H21N7O2S/c20-16(27)15-14(24-17(26(15)21)13-3-1-2-8-22-13)11-4-6-12(7-5-11)18(28)25-19-23-9-10-29-19/h4-7,9-10,13,22H,1-3,8,21H2,(H2,20,27)(H,23,25,28)/t13-/m0/s1. The van der Waals surface area contributed by atoms with Crippen LogP contribution in [0.3, 0.4) is 0 Å². The molecule has 0 unspecified atom stereocenters. The number of rotatable bonds is 5. The number of aromatic nitrogens is 3. The SMILES string of the molecule is NC(=O)c1c(-c2ccc(C(=O)Nc3nccs3)cc2)nc([C@@H]2CCCCN2)n1N. The molecule has 0 spiro atoms. The Morgan fingerprint density at radius 1 is 1.24 bits per heavy atom. The van der Waals surface area contributed by atoms with Crippen LogP contribution >= 0.6 is 11.3 Å². The maximum absolute atomic E-state index is 12.3. The van der Waals surface area contributed by atoms with Crippen molar-refractivity contribution in [2.75, 3.05) is 17.7 Å². The molecule has 6 N–H and O–H groups in total. The van der Waals surface area contributed by atoms with Gasteiger partial charge in [-0.15, -0.1) is 11.3 Å². The molecule has 3 aromatic rings. The Kier molecular flexibility index (Phi) is 5.28. The number of thiazole rings is 1. The lowest BCUT2D eigenvalue weighted by Crippen LogP contribution is -2.32. The Bertz CT molecular complexity index is 1020. The maximum atomic E-state index is 12.3. The van der Waals surface area contributed by atoms with Crippen LogP contribution in [-0.2, 0) is 0 Å². The number of anilines is 1. The monoisotopic (exact) mass is 411 g/mol. The summed E-state index contributed by atoms with van der Waals surface area (Å²) in [6.07, 6.45) is 4.68. The summed E-state index contributed by atoms with van der Waals surface area (Å²) in [5.41, 5.74) is 7.26. The van der Waals surface area contributed by atoms with Crippen LogP contribution < -0.4 is 22.2 Å². The van der Waals surface area contributed by atoms with E-state index in [9.17, 15) is 9.59 Å². The molecule has 3 heterocycles. The molecule has 1 saturated heterocycles. The molecule has 1 aliphatic heterocycles. The molecule has 0 radical (unpaired) electrons.